The highest BCUT2D eigenvalue weighted by atomic mass is 16.5. The highest BCUT2D eigenvalue weighted by Crippen LogP contribution is 2.14. The molecule has 0 amide bonds. The molecule has 1 atom stereocenters. The number of aliphatic carboxylic acids is 1. The van der Waals surface area contributed by atoms with Crippen molar-refractivity contribution in [1.82, 2.24) is 4.57 Å². The summed E-state index contributed by atoms with van der Waals surface area (Å²) in [7, 11) is 0. The summed E-state index contributed by atoms with van der Waals surface area (Å²) >= 11 is 0. The number of ketones is 1. The van der Waals surface area contributed by atoms with Crippen molar-refractivity contribution < 1.29 is 19.4 Å². The highest BCUT2D eigenvalue weighted by Gasteiger charge is 2.18. The summed E-state index contributed by atoms with van der Waals surface area (Å²) < 4.78 is 7.62. The third kappa shape index (κ3) is 6.68. The molecule has 5 nitrogen and oxygen atoms in total. The maximum absolute atomic E-state index is 12.9. The zero-order chi connectivity index (χ0) is 25.3. The first kappa shape index (κ1) is 24.9. The Labute approximate surface area is 211 Å². The number of carboxylic acids is 1. The van der Waals surface area contributed by atoms with Gasteiger partial charge in [0.25, 0.3) is 0 Å². The number of benzene rings is 3. The summed E-state index contributed by atoms with van der Waals surface area (Å²) in [5, 5.41) is 9.50. The molecule has 1 heterocycles. The molecule has 3 aromatic carbocycles. The number of rotatable bonds is 11. The Balaban J connectivity index is 1.32. The van der Waals surface area contributed by atoms with Gasteiger partial charge in [0.1, 0.15) is 0 Å². The SMILES string of the molecule is Cc1ccc(C(=O)c2cccn2CC=Cc2ccc(CO[C@@H](Cc3ccccc3)C(=O)O)cc2)cc1. The van der Waals surface area contributed by atoms with Crippen LogP contribution in [0.1, 0.15) is 38.3 Å². The maximum atomic E-state index is 12.9. The Kier molecular flexibility index (Phi) is 8.27. The lowest BCUT2D eigenvalue weighted by molar-refractivity contribution is -0.151. The molecule has 0 unspecified atom stereocenters. The van der Waals surface area contributed by atoms with E-state index >= 15 is 0 Å². The standard InChI is InChI=1S/C31H29NO4/c1-23-11-17-27(18-12-23)30(33)28-10-6-20-32(28)19-5-9-24-13-15-26(16-14-24)22-36-29(31(34)35)21-25-7-3-2-4-8-25/h2-18,20,29H,19,21-22H2,1H3,(H,34,35)/t29-/m0/s1. The normalized spacial score (nSPS) is 12.0. The summed E-state index contributed by atoms with van der Waals surface area (Å²) in [6.45, 7) is 2.80. The molecular formula is C31H29NO4. The molecule has 1 N–H and O–H groups in total. The van der Waals surface area contributed by atoms with E-state index in [1.807, 2.05) is 121 Å². The van der Waals surface area contributed by atoms with Gasteiger partial charge in [-0.1, -0.05) is 96.6 Å². The van der Waals surface area contributed by atoms with Gasteiger partial charge in [-0.2, -0.15) is 0 Å². The maximum Gasteiger partial charge on any atom is 0.333 e. The first-order chi connectivity index (χ1) is 17.5. The molecule has 4 rings (SSSR count). The third-order valence-electron chi connectivity index (χ3n) is 5.96. The Morgan fingerprint density at radius 1 is 0.889 bits per heavy atom. The van der Waals surface area contributed by atoms with E-state index in [0.29, 0.717) is 24.2 Å². The lowest BCUT2D eigenvalue weighted by Gasteiger charge is -2.14. The van der Waals surface area contributed by atoms with Crippen molar-refractivity contribution in [2.24, 2.45) is 0 Å². The third-order valence-corrected chi connectivity index (χ3v) is 5.96. The van der Waals surface area contributed by atoms with Crippen molar-refractivity contribution >= 4 is 17.8 Å². The fourth-order valence-electron chi connectivity index (χ4n) is 3.90. The fraction of sp³-hybridized carbons (Fsp3) is 0.161. The number of ether oxygens (including phenoxy) is 1. The Bertz CT molecular complexity index is 1320. The van der Waals surface area contributed by atoms with Crippen molar-refractivity contribution in [2.75, 3.05) is 0 Å². The average Bonchev–Trinajstić information content (AvgIpc) is 3.36. The van der Waals surface area contributed by atoms with Gasteiger partial charge < -0.3 is 14.4 Å². The fourth-order valence-corrected chi connectivity index (χ4v) is 3.90. The molecule has 0 radical (unpaired) electrons. The second-order valence-corrected chi connectivity index (χ2v) is 8.71. The van der Waals surface area contributed by atoms with E-state index in [4.69, 9.17) is 4.74 Å². The van der Waals surface area contributed by atoms with E-state index in [2.05, 4.69) is 0 Å². The molecule has 0 saturated carbocycles. The molecule has 182 valence electrons. The van der Waals surface area contributed by atoms with E-state index in [9.17, 15) is 14.7 Å². The molecule has 36 heavy (non-hydrogen) atoms. The number of nitrogens with zero attached hydrogens (tertiary/aromatic N) is 1. The predicted octanol–water partition coefficient (Wildman–Crippen LogP) is 5.95. The van der Waals surface area contributed by atoms with Gasteiger partial charge in [-0.05, 0) is 35.7 Å². The minimum atomic E-state index is -0.969. The van der Waals surface area contributed by atoms with Crippen LogP contribution in [-0.4, -0.2) is 27.5 Å². The molecule has 0 aliphatic heterocycles. The molecule has 5 heteroatoms. The van der Waals surface area contributed by atoms with Gasteiger partial charge in [0.2, 0.25) is 5.78 Å². The zero-order valence-electron chi connectivity index (χ0n) is 20.2. The summed E-state index contributed by atoms with van der Waals surface area (Å²) in [4.78, 5) is 24.5. The van der Waals surface area contributed by atoms with Gasteiger partial charge in [0.05, 0.1) is 12.3 Å². The number of aromatic nitrogens is 1. The summed E-state index contributed by atoms with van der Waals surface area (Å²) in [6.07, 6.45) is 5.34. The van der Waals surface area contributed by atoms with Crippen molar-refractivity contribution in [2.45, 2.75) is 32.6 Å². The zero-order valence-corrected chi connectivity index (χ0v) is 20.2. The first-order valence-electron chi connectivity index (χ1n) is 11.9. The minimum absolute atomic E-state index is 0.00434. The molecule has 0 aliphatic carbocycles. The number of hydrogen-bond acceptors (Lipinski definition) is 3. The second-order valence-electron chi connectivity index (χ2n) is 8.71. The van der Waals surface area contributed by atoms with Crippen LogP contribution in [0.2, 0.25) is 0 Å². The number of carbonyl (C=O) groups is 2. The van der Waals surface area contributed by atoms with E-state index in [1.54, 1.807) is 0 Å². The quantitative estimate of drug-likeness (QED) is 0.270. The number of carbonyl (C=O) groups excluding carboxylic acids is 1. The molecule has 0 fully saturated rings. The van der Waals surface area contributed by atoms with E-state index < -0.39 is 12.1 Å². The topological polar surface area (TPSA) is 68.5 Å². The Morgan fingerprint density at radius 2 is 1.61 bits per heavy atom. The van der Waals surface area contributed by atoms with Gasteiger partial charge in [-0.25, -0.2) is 4.79 Å². The molecule has 0 spiro atoms. The van der Waals surface area contributed by atoms with Crippen LogP contribution in [0, 0.1) is 6.92 Å². The summed E-state index contributed by atoms with van der Waals surface area (Å²) in [5.41, 5.74) is 5.29. The average molecular weight is 480 g/mol. The van der Waals surface area contributed by atoms with Crippen LogP contribution in [0.25, 0.3) is 6.08 Å². The van der Waals surface area contributed by atoms with Gasteiger partial charge in [0, 0.05) is 24.7 Å². The summed E-state index contributed by atoms with van der Waals surface area (Å²) in [6, 6.07) is 28.6. The number of hydrogen-bond donors (Lipinski definition) is 1. The van der Waals surface area contributed by atoms with Gasteiger partial charge in [0.15, 0.2) is 6.10 Å². The first-order valence-corrected chi connectivity index (χ1v) is 11.9. The monoisotopic (exact) mass is 479 g/mol. The number of aryl methyl sites for hydroxylation is 1. The van der Waals surface area contributed by atoms with Crippen LogP contribution >= 0.6 is 0 Å². The van der Waals surface area contributed by atoms with Crippen molar-refractivity contribution in [1.29, 1.82) is 0 Å². The molecule has 0 saturated heterocycles. The van der Waals surface area contributed by atoms with Crippen molar-refractivity contribution in [3.05, 3.63) is 137 Å². The van der Waals surface area contributed by atoms with Crippen LogP contribution in [0.3, 0.4) is 0 Å². The summed E-state index contributed by atoms with van der Waals surface area (Å²) in [5.74, 6) is -0.965. The smallest absolute Gasteiger partial charge is 0.333 e. The lowest BCUT2D eigenvalue weighted by Crippen LogP contribution is -2.26. The molecular weight excluding hydrogens is 450 g/mol. The van der Waals surface area contributed by atoms with Crippen molar-refractivity contribution in [3.8, 4) is 0 Å². The van der Waals surface area contributed by atoms with Crippen LogP contribution in [0.5, 0.6) is 0 Å². The number of carboxylic acid groups (broad SMARTS) is 1. The highest BCUT2D eigenvalue weighted by molar-refractivity contribution is 6.08. The minimum Gasteiger partial charge on any atom is -0.479 e. The largest absolute Gasteiger partial charge is 0.479 e. The molecule has 1 aromatic heterocycles. The van der Waals surface area contributed by atoms with Crippen LogP contribution < -0.4 is 0 Å². The van der Waals surface area contributed by atoms with Crippen LogP contribution in [0.4, 0.5) is 0 Å². The van der Waals surface area contributed by atoms with Gasteiger partial charge in [-0.3, -0.25) is 4.79 Å². The van der Waals surface area contributed by atoms with Gasteiger partial charge >= 0.3 is 5.97 Å². The number of allylic oxidation sites excluding steroid dienone is 1. The van der Waals surface area contributed by atoms with Gasteiger partial charge in [-0.15, -0.1) is 0 Å². The molecule has 0 aliphatic rings. The van der Waals surface area contributed by atoms with Crippen LogP contribution in [0.15, 0.2) is 103 Å². The lowest BCUT2D eigenvalue weighted by atomic mass is 10.1. The van der Waals surface area contributed by atoms with E-state index in [-0.39, 0.29) is 12.4 Å². The van der Waals surface area contributed by atoms with E-state index in [1.165, 1.54) is 0 Å². The van der Waals surface area contributed by atoms with Crippen molar-refractivity contribution in [3.63, 3.8) is 0 Å². The molecule has 4 aromatic rings. The van der Waals surface area contributed by atoms with E-state index in [0.717, 1.165) is 22.3 Å². The Hall–Kier alpha value is -4.22. The Morgan fingerprint density at radius 3 is 2.31 bits per heavy atom. The second kappa shape index (κ2) is 12.0. The predicted molar refractivity (Wildman–Crippen MR) is 141 cm³/mol. The van der Waals surface area contributed by atoms with Crippen LogP contribution in [-0.2, 0) is 29.1 Å². The molecule has 0 bridgehead atoms.